The molecule has 1 aromatic heterocycles. The van der Waals surface area contributed by atoms with Crippen LogP contribution >= 0.6 is 0 Å². The van der Waals surface area contributed by atoms with Gasteiger partial charge >= 0.3 is 0 Å². The fourth-order valence-corrected chi connectivity index (χ4v) is 2.52. The van der Waals surface area contributed by atoms with Crippen LogP contribution in [0.3, 0.4) is 0 Å². The normalized spacial score (nSPS) is 11.2. The molecule has 25 heavy (non-hydrogen) atoms. The fourth-order valence-electron chi connectivity index (χ4n) is 2.52. The smallest absolute Gasteiger partial charge is 0.281 e. The molecular weight excluding hydrogens is 316 g/mol. The Morgan fingerprint density at radius 3 is 2.52 bits per heavy atom. The van der Waals surface area contributed by atoms with Gasteiger partial charge in [-0.1, -0.05) is 26.0 Å². The van der Waals surface area contributed by atoms with E-state index in [9.17, 15) is 15.2 Å². The van der Waals surface area contributed by atoms with Gasteiger partial charge in [0.25, 0.3) is 5.56 Å². The van der Waals surface area contributed by atoms with Gasteiger partial charge in [0.05, 0.1) is 5.69 Å². The Hall–Kier alpha value is -2.94. The zero-order chi connectivity index (χ0) is 18.7. The lowest BCUT2D eigenvalue weighted by molar-refractivity contribution is 0.381. The van der Waals surface area contributed by atoms with Gasteiger partial charge < -0.3 is 5.11 Å². The van der Waals surface area contributed by atoms with Crippen LogP contribution in [0.5, 0.6) is 5.88 Å². The summed E-state index contributed by atoms with van der Waals surface area (Å²) in [5.41, 5.74) is 2.66. The number of aryl methyl sites for hydroxylation is 2. The lowest BCUT2D eigenvalue weighted by atomic mass is 10.1. The van der Waals surface area contributed by atoms with Gasteiger partial charge in [-0.25, -0.2) is 0 Å². The van der Waals surface area contributed by atoms with Crippen LogP contribution in [0, 0.1) is 38.0 Å². The van der Waals surface area contributed by atoms with E-state index in [1.807, 2.05) is 52.0 Å². The van der Waals surface area contributed by atoms with Crippen LogP contribution in [0.4, 0.5) is 11.4 Å². The van der Waals surface area contributed by atoms with Gasteiger partial charge in [-0.2, -0.15) is 10.4 Å². The molecule has 6 heteroatoms. The predicted molar refractivity (Wildman–Crippen MR) is 96.7 cm³/mol. The SMILES string of the molecule is Cc1ccc(C)c(N=Nc2c(C)c(C#N)c(O)n(CC(C)C)c2=O)c1. The zero-order valence-corrected chi connectivity index (χ0v) is 15.2. The highest BCUT2D eigenvalue weighted by atomic mass is 16.3. The van der Waals surface area contributed by atoms with E-state index in [0.717, 1.165) is 11.1 Å². The molecule has 0 bridgehead atoms. The summed E-state index contributed by atoms with van der Waals surface area (Å²) < 4.78 is 1.19. The molecule has 0 saturated heterocycles. The molecule has 1 heterocycles. The molecule has 0 spiro atoms. The van der Waals surface area contributed by atoms with Crippen molar-refractivity contribution in [1.82, 2.24) is 4.57 Å². The Morgan fingerprint density at radius 2 is 1.92 bits per heavy atom. The Kier molecular flexibility index (Phi) is 5.38. The molecule has 0 radical (unpaired) electrons. The van der Waals surface area contributed by atoms with Crippen LogP contribution < -0.4 is 5.56 Å². The number of nitrogens with zero attached hydrogens (tertiary/aromatic N) is 4. The molecule has 1 N–H and O–H groups in total. The molecule has 0 fully saturated rings. The summed E-state index contributed by atoms with van der Waals surface area (Å²) in [6.45, 7) is 9.61. The van der Waals surface area contributed by atoms with Gasteiger partial charge in [0, 0.05) is 12.1 Å². The van der Waals surface area contributed by atoms with E-state index in [1.54, 1.807) is 6.92 Å². The van der Waals surface area contributed by atoms with Crippen LogP contribution in [0.15, 0.2) is 33.2 Å². The standard InChI is InChI=1S/C19H22N4O2/c1-11(2)10-23-18(24)15(9-20)14(5)17(19(23)25)22-21-16-8-12(3)6-7-13(16)4/h6-8,11,24H,10H2,1-5H3. The highest BCUT2D eigenvalue weighted by molar-refractivity contribution is 5.57. The van der Waals surface area contributed by atoms with Crippen molar-refractivity contribution in [2.75, 3.05) is 0 Å². The molecule has 130 valence electrons. The Morgan fingerprint density at radius 1 is 1.24 bits per heavy atom. The quantitative estimate of drug-likeness (QED) is 0.836. The van der Waals surface area contributed by atoms with Crippen molar-refractivity contribution in [3.63, 3.8) is 0 Å². The molecule has 0 atom stereocenters. The van der Waals surface area contributed by atoms with E-state index >= 15 is 0 Å². The first-order valence-corrected chi connectivity index (χ1v) is 8.11. The first kappa shape index (κ1) is 18.4. The van der Waals surface area contributed by atoms with Gasteiger partial charge in [-0.05, 0) is 43.9 Å². The number of aromatic hydroxyl groups is 1. The monoisotopic (exact) mass is 338 g/mol. The van der Waals surface area contributed by atoms with E-state index in [2.05, 4.69) is 10.2 Å². The molecule has 2 aromatic rings. The highest BCUT2D eigenvalue weighted by Crippen LogP contribution is 2.28. The van der Waals surface area contributed by atoms with Gasteiger partial charge in [0.15, 0.2) is 5.69 Å². The Labute approximate surface area is 147 Å². The summed E-state index contributed by atoms with van der Waals surface area (Å²) in [5, 5.41) is 27.9. The summed E-state index contributed by atoms with van der Waals surface area (Å²) in [7, 11) is 0. The minimum absolute atomic E-state index is 0.0511. The molecule has 0 saturated carbocycles. The van der Waals surface area contributed by atoms with Crippen LogP contribution in [0.2, 0.25) is 0 Å². The lowest BCUT2D eigenvalue weighted by Gasteiger charge is -2.14. The number of pyridine rings is 1. The maximum absolute atomic E-state index is 12.7. The maximum Gasteiger partial charge on any atom is 0.281 e. The zero-order valence-electron chi connectivity index (χ0n) is 15.2. The van der Waals surface area contributed by atoms with E-state index in [-0.39, 0.29) is 23.0 Å². The van der Waals surface area contributed by atoms with Gasteiger partial charge in [0.2, 0.25) is 5.88 Å². The largest absolute Gasteiger partial charge is 0.493 e. The molecule has 6 nitrogen and oxygen atoms in total. The first-order chi connectivity index (χ1) is 11.8. The van der Waals surface area contributed by atoms with E-state index in [4.69, 9.17) is 0 Å². The van der Waals surface area contributed by atoms with Gasteiger partial charge in [-0.3, -0.25) is 9.36 Å². The second-order valence-electron chi connectivity index (χ2n) is 6.58. The van der Waals surface area contributed by atoms with Crippen LogP contribution in [0.1, 0.15) is 36.1 Å². The minimum Gasteiger partial charge on any atom is -0.493 e. The second-order valence-corrected chi connectivity index (χ2v) is 6.58. The van der Waals surface area contributed by atoms with Gasteiger partial charge in [-0.15, -0.1) is 5.11 Å². The molecule has 2 rings (SSSR count). The van der Waals surface area contributed by atoms with Crippen molar-refractivity contribution >= 4 is 11.4 Å². The molecule has 0 unspecified atom stereocenters. The van der Waals surface area contributed by atoms with Crippen LogP contribution in [-0.2, 0) is 6.54 Å². The number of azo groups is 1. The van der Waals surface area contributed by atoms with Crippen molar-refractivity contribution in [1.29, 1.82) is 5.26 Å². The van der Waals surface area contributed by atoms with E-state index < -0.39 is 5.56 Å². The minimum atomic E-state index is -0.447. The van der Waals surface area contributed by atoms with E-state index in [0.29, 0.717) is 17.8 Å². The summed E-state index contributed by atoms with van der Waals surface area (Å²) in [6.07, 6.45) is 0. The summed E-state index contributed by atoms with van der Waals surface area (Å²) >= 11 is 0. The highest BCUT2D eigenvalue weighted by Gasteiger charge is 2.19. The number of rotatable bonds is 4. The van der Waals surface area contributed by atoms with Crippen molar-refractivity contribution in [3.8, 4) is 11.9 Å². The predicted octanol–water partition coefficient (Wildman–Crippen LogP) is 4.42. The molecule has 0 aliphatic heterocycles. The summed E-state index contributed by atoms with van der Waals surface area (Å²) in [5.74, 6) is -0.189. The third-order valence-electron chi connectivity index (χ3n) is 3.94. The molecule has 0 amide bonds. The fraction of sp³-hybridized carbons (Fsp3) is 0.368. The van der Waals surface area contributed by atoms with Gasteiger partial charge in [0.1, 0.15) is 11.6 Å². The Balaban J connectivity index is 2.65. The lowest BCUT2D eigenvalue weighted by Crippen LogP contribution is -2.24. The number of hydrogen-bond donors (Lipinski definition) is 1. The summed E-state index contributed by atoms with van der Waals surface area (Å²) in [4.78, 5) is 12.7. The number of benzene rings is 1. The molecular formula is C19H22N4O2. The van der Waals surface area contributed by atoms with Crippen LogP contribution in [0.25, 0.3) is 0 Å². The van der Waals surface area contributed by atoms with E-state index in [1.165, 1.54) is 4.57 Å². The third kappa shape index (κ3) is 3.77. The second kappa shape index (κ2) is 7.31. The molecule has 0 aliphatic rings. The number of nitriles is 1. The molecule has 1 aromatic carbocycles. The topological polar surface area (TPSA) is 90.7 Å². The third-order valence-corrected chi connectivity index (χ3v) is 3.94. The maximum atomic E-state index is 12.7. The average Bonchev–Trinajstić information content (AvgIpc) is 2.54. The van der Waals surface area contributed by atoms with Crippen LogP contribution in [-0.4, -0.2) is 9.67 Å². The number of aromatic nitrogens is 1. The average molecular weight is 338 g/mol. The van der Waals surface area contributed by atoms with Crippen molar-refractivity contribution in [3.05, 3.63) is 50.8 Å². The summed E-state index contributed by atoms with van der Waals surface area (Å²) in [6, 6.07) is 7.74. The number of hydrogen-bond acceptors (Lipinski definition) is 5. The molecule has 0 aliphatic carbocycles. The van der Waals surface area contributed by atoms with Crippen molar-refractivity contribution in [2.24, 2.45) is 16.1 Å². The Bertz CT molecular complexity index is 934. The van der Waals surface area contributed by atoms with Crippen molar-refractivity contribution in [2.45, 2.75) is 41.2 Å². The van der Waals surface area contributed by atoms with Crippen molar-refractivity contribution < 1.29 is 5.11 Å². The first-order valence-electron chi connectivity index (χ1n) is 8.11.